The van der Waals surface area contributed by atoms with Crippen LogP contribution in [0.3, 0.4) is 0 Å². The van der Waals surface area contributed by atoms with Crippen molar-refractivity contribution >= 4 is 0 Å². The van der Waals surface area contributed by atoms with Gasteiger partial charge in [0, 0.05) is 13.0 Å². The van der Waals surface area contributed by atoms with Gasteiger partial charge in [-0.15, -0.1) is 0 Å². The van der Waals surface area contributed by atoms with Gasteiger partial charge in [-0.1, -0.05) is 37.3 Å². The predicted molar refractivity (Wildman–Crippen MR) is 72.2 cm³/mol. The highest BCUT2D eigenvalue weighted by Crippen LogP contribution is 2.03. The summed E-state index contributed by atoms with van der Waals surface area (Å²) in [5.41, 5.74) is 1.37. The van der Waals surface area contributed by atoms with E-state index in [2.05, 4.69) is 58.3 Å². The van der Waals surface area contributed by atoms with Crippen LogP contribution in [0.15, 0.2) is 30.3 Å². The van der Waals surface area contributed by atoms with Crippen molar-refractivity contribution in [2.24, 2.45) is 0 Å². The summed E-state index contributed by atoms with van der Waals surface area (Å²) in [4.78, 5) is 6.67. The van der Waals surface area contributed by atoms with E-state index >= 15 is 0 Å². The van der Waals surface area contributed by atoms with E-state index in [1.165, 1.54) is 5.56 Å². The summed E-state index contributed by atoms with van der Waals surface area (Å²) in [5.74, 6) is 1.84. The Morgan fingerprint density at radius 1 is 1.22 bits per heavy atom. The summed E-state index contributed by atoms with van der Waals surface area (Å²) in [7, 11) is 2.11. The Balaban J connectivity index is 1.80. The molecule has 0 aliphatic carbocycles. The normalized spacial score (nSPS) is 11.1. The largest absolute Gasteiger partial charge is 0.299 e. The maximum Gasteiger partial charge on any atom is 0.150 e. The van der Waals surface area contributed by atoms with Gasteiger partial charge in [-0.2, -0.15) is 5.10 Å². The highest BCUT2D eigenvalue weighted by molar-refractivity contribution is 5.14. The Labute approximate surface area is 108 Å². The minimum absolute atomic E-state index is 0.819. The van der Waals surface area contributed by atoms with Crippen LogP contribution in [-0.4, -0.2) is 33.7 Å². The number of hydrogen-bond acceptors (Lipinski definition) is 3. The van der Waals surface area contributed by atoms with E-state index in [1.54, 1.807) is 0 Å². The molecule has 2 rings (SSSR count). The molecule has 0 amide bonds. The Morgan fingerprint density at radius 2 is 2.00 bits per heavy atom. The fourth-order valence-electron chi connectivity index (χ4n) is 1.86. The molecule has 0 bridgehead atoms. The molecule has 4 heteroatoms. The van der Waals surface area contributed by atoms with Crippen LogP contribution < -0.4 is 0 Å². The van der Waals surface area contributed by atoms with Crippen molar-refractivity contribution in [3.63, 3.8) is 0 Å². The van der Waals surface area contributed by atoms with E-state index in [0.29, 0.717) is 0 Å². The quantitative estimate of drug-likeness (QED) is 0.845. The Kier molecular flexibility index (Phi) is 4.47. The third kappa shape index (κ3) is 3.67. The second-order valence-electron chi connectivity index (χ2n) is 4.53. The summed E-state index contributed by atoms with van der Waals surface area (Å²) in [5, 5.41) is 7.13. The maximum atomic E-state index is 4.42. The topological polar surface area (TPSA) is 44.8 Å². The summed E-state index contributed by atoms with van der Waals surface area (Å²) in [6, 6.07) is 10.5. The van der Waals surface area contributed by atoms with Gasteiger partial charge in [0.2, 0.25) is 0 Å². The van der Waals surface area contributed by atoms with Crippen molar-refractivity contribution in [3.05, 3.63) is 47.5 Å². The molecule has 2 aromatic rings. The number of nitrogens with zero attached hydrogens (tertiary/aromatic N) is 3. The fourth-order valence-corrected chi connectivity index (χ4v) is 1.86. The number of H-pyrrole nitrogens is 1. The van der Waals surface area contributed by atoms with Crippen molar-refractivity contribution in [1.29, 1.82) is 0 Å². The van der Waals surface area contributed by atoms with E-state index < -0.39 is 0 Å². The molecule has 1 heterocycles. The second kappa shape index (κ2) is 6.31. The Morgan fingerprint density at radius 3 is 2.67 bits per heavy atom. The zero-order valence-corrected chi connectivity index (χ0v) is 11.1. The molecule has 1 aromatic carbocycles. The lowest BCUT2D eigenvalue weighted by Crippen LogP contribution is -2.21. The molecule has 0 fully saturated rings. The fraction of sp³-hybridized carbons (Fsp3) is 0.429. The molecule has 96 valence electrons. The van der Waals surface area contributed by atoms with Crippen molar-refractivity contribution < 1.29 is 0 Å². The van der Waals surface area contributed by atoms with Gasteiger partial charge >= 0.3 is 0 Å². The molecular weight excluding hydrogens is 224 g/mol. The molecule has 0 radical (unpaired) electrons. The summed E-state index contributed by atoms with van der Waals surface area (Å²) in [6.45, 7) is 3.90. The van der Waals surface area contributed by atoms with Crippen LogP contribution in [0.2, 0.25) is 0 Å². The Hall–Kier alpha value is -1.68. The third-order valence-electron chi connectivity index (χ3n) is 2.94. The van der Waals surface area contributed by atoms with E-state index in [-0.39, 0.29) is 0 Å². The van der Waals surface area contributed by atoms with Gasteiger partial charge in [0.05, 0.1) is 6.54 Å². The standard InChI is InChI=1S/C14H20N4/c1-3-13-15-14(17-16-13)11-18(2)10-9-12-7-5-4-6-8-12/h4-8H,3,9-11H2,1-2H3,(H,15,16,17). The molecule has 18 heavy (non-hydrogen) atoms. The first kappa shape index (κ1) is 12.8. The highest BCUT2D eigenvalue weighted by atomic mass is 15.2. The van der Waals surface area contributed by atoms with Crippen LogP contribution in [0.4, 0.5) is 0 Å². The van der Waals surface area contributed by atoms with E-state index in [4.69, 9.17) is 0 Å². The van der Waals surface area contributed by atoms with Gasteiger partial charge in [-0.05, 0) is 19.0 Å². The van der Waals surface area contributed by atoms with Crippen LogP contribution in [0.25, 0.3) is 0 Å². The summed E-state index contributed by atoms with van der Waals surface area (Å²) >= 11 is 0. The molecule has 4 nitrogen and oxygen atoms in total. The molecule has 0 unspecified atom stereocenters. The number of likely N-dealkylation sites (N-methyl/N-ethyl adjacent to an activating group) is 1. The zero-order chi connectivity index (χ0) is 12.8. The van der Waals surface area contributed by atoms with Crippen LogP contribution in [0.5, 0.6) is 0 Å². The molecular formula is C14H20N4. The molecule has 0 saturated carbocycles. The lowest BCUT2D eigenvalue weighted by molar-refractivity contribution is 0.323. The number of hydrogen-bond donors (Lipinski definition) is 1. The molecule has 1 aromatic heterocycles. The first-order valence-corrected chi connectivity index (χ1v) is 6.40. The SMILES string of the molecule is CCc1n[nH]c(CN(C)CCc2ccccc2)n1. The maximum absolute atomic E-state index is 4.42. The number of nitrogens with one attached hydrogen (secondary N) is 1. The van der Waals surface area contributed by atoms with Gasteiger partial charge in [-0.25, -0.2) is 4.98 Å². The molecule has 1 N–H and O–H groups in total. The first-order valence-electron chi connectivity index (χ1n) is 6.40. The van der Waals surface area contributed by atoms with Crippen molar-refractivity contribution in [2.45, 2.75) is 26.3 Å². The van der Waals surface area contributed by atoms with Crippen LogP contribution >= 0.6 is 0 Å². The van der Waals surface area contributed by atoms with Crippen LogP contribution in [0.1, 0.15) is 24.1 Å². The van der Waals surface area contributed by atoms with E-state index in [0.717, 1.165) is 37.6 Å². The third-order valence-corrected chi connectivity index (χ3v) is 2.94. The van der Waals surface area contributed by atoms with Crippen LogP contribution in [0, 0.1) is 0 Å². The minimum atomic E-state index is 0.819. The average Bonchev–Trinajstić information content (AvgIpc) is 2.85. The second-order valence-corrected chi connectivity index (χ2v) is 4.53. The van der Waals surface area contributed by atoms with Gasteiger partial charge in [-0.3, -0.25) is 10.00 Å². The highest BCUT2D eigenvalue weighted by Gasteiger charge is 2.05. The molecule has 0 saturated heterocycles. The number of rotatable bonds is 6. The lowest BCUT2D eigenvalue weighted by Gasteiger charge is -2.14. The summed E-state index contributed by atoms with van der Waals surface area (Å²) < 4.78 is 0. The molecule has 0 spiro atoms. The molecule has 0 atom stereocenters. The lowest BCUT2D eigenvalue weighted by atomic mass is 10.1. The predicted octanol–water partition coefficient (Wildman–Crippen LogP) is 2.04. The first-order chi connectivity index (χ1) is 8.78. The van der Waals surface area contributed by atoms with Gasteiger partial charge in [0.15, 0.2) is 0 Å². The number of aromatic nitrogens is 3. The zero-order valence-electron chi connectivity index (χ0n) is 11.1. The monoisotopic (exact) mass is 244 g/mol. The van der Waals surface area contributed by atoms with E-state index in [9.17, 15) is 0 Å². The van der Waals surface area contributed by atoms with Gasteiger partial charge in [0.25, 0.3) is 0 Å². The smallest absolute Gasteiger partial charge is 0.150 e. The average molecular weight is 244 g/mol. The molecule has 0 aliphatic rings. The number of aromatic amines is 1. The van der Waals surface area contributed by atoms with Crippen molar-refractivity contribution in [2.75, 3.05) is 13.6 Å². The van der Waals surface area contributed by atoms with Crippen LogP contribution in [-0.2, 0) is 19.4 Å². The van der Waals surface area contributed by atoms with Crippen molar-refractivity contribution in [1.82, 2.24) is 20.1 Å². The number of aryl methyl sites for hydroxylation is 1. The number of benzene rings is 1. The Bertz CT molecular complexity index is 464. The van der Waals surface area contributed by atoms with Gasteiger partial charge in [0.1, 0.15) is 11.6 Å². The van der Waals surface area contributed by atoms with Gasteiger partial charge < -0.3 is 0 Å². The molecule has 0 aliphatic heterocycles. The summed E-state index contributed by atoms with van der Waals surface area (Å²) in [6.07, 6.45) is 1.94. The minimum Gasteiger partial charge on any atom is -0.299 e. The van der Waals surface area contributed by atoms with E-state index in [1.807, 2.05) is 6.07 Å². The van der Waals surface area contributed by atoms with Crippen molar-refractivity contribution in [3.8, 4) is 0 Å².